The highest BCUT2D eigenvalue weighted by atomic mass is 79.9. The zero-order valence-electron chi connectivity index (χ0n) is 12.3. The first kappa shape index (κ1) is 16.7. The Morgan fingerprint density at radius 2 is 1.91 bits per heavy atom. The largest absolute Gasteiger partial charge is 0.449 e. The van der Waals surface area contributed by atoms with Gasteiger partial charge in [-0.3, -0.25) is 4.79 Å². The summed E-state index contributed by atoms with van der Waals surface area (Å²) in [5.41, 5.74) is 0.882. The molecule has 0 spiro atoms. The smallest absolute Gasteiger partial charge is 0.331 e. The normalized spacial score (nSPS) is 16.5. The van der Waals surface area contributed by atoms with Crippen molar-refractivity contribution < 1.29 is 19.1 Å². The van der Waals surface area contributed by atoms with Crippen LogP contribution in [0.5, 0.6) is 0 Å². The Morgan fingerprint density at radius 3 is 2.55 bits per heavy atom. The fourth-order valence-electron chi connectivity index (χ4n) is 2.04. The van der Waals surface area contributed by atoms with Crippen LogP contribution in [0, 0.1) is 0 Å². The Balaban J connectivity index is 1.85. The number of carbonyl (C=O) groups is 2. The monoisotopic (exact) mass is 367 g/mol. The molecule has 22 heavy (non-hydrogen) atoms. The van der Waals surface area contributed by atoms with Crippen LogP contribution in [0.2, 0.25) is 0 Å². The second-order valence-corrected chi connectivity index (χ2v) is 5.82. The summed E-state index contributed by atoms with van der Waals surface area (Å²) in [5.74, 6) is -0.717. The third-order valence-electron chi connectivity index (χ3n) is 3.25. The number of ether oxygens (including phenoxy) is 2. The van der Waals surface area contributed by atoms with E-state index in [2.05, 4.69) is 15.9 Å². The Kier molecular flexibility index (Phi) is 6.15. The first-order valence-electron chi connectivity index (χ1n) is 7.07. The molecule has 0 radical (unpaired) electrons. The van der Waals surface area contributed by atoms with Crippen LogP contribution in [0.1, 0.15) is 12.5 Å². The molecular weight excluding hydrogens is 350 g/mol. The van der Waals surface area contributed by atoms with Crippen LogP contribution in [0.15, 0.2) is 34.8 Å². The number of morpholine rings is 1. The quantitative estimate of drug-likeness (QED) is 0.604. The van der Waals surface area contributed by atoms with Crippen LogP contribution in [0.3, 0.4) is 0 Å². The van der Waals surface area contributed by atoms with E-state index in [0.29, 0.717) is 26.3 Å². The van der Waals surface area contributed by atoms with Crippen molar-refractivity contribution in [3.8, 4) is 0 Å². The lowest BCUT2D eigenvalue weighted by Gasteiger charge is -2.28. The van der Waals surface area contributed by atoms with Gasteiger partial charge in [-0.05, 0) is 30.7 Å². The Labute approximate surface area is 138 Å². The minimum absolute atomic E-state index is 0.186. The van der Waals surface area contributed by atoms with Gasteiger partial charge in [-0.1, -0.05) is 28.1 Å². The molecule has 1 aromatic rings. The summed E-state index contributed by atoms with van der Waals surface area (Å²) in [5, 5.41) is 0. The van der Waals surface area contributed by atoms with Crippen LogP contribution in [-0.4, -0.2) is 49.2 Å². The molecule has 0 N–H and O–H groups in total. The predicted octanol–water partition coefficient (Wildman–Crippen LogP) is 2.25. The number of carbonyl (C=O) groups excluding carboxylic acids is 2. The van der Waals surface area contributed by atoms with Crippen molar-refractivity contribution in [3.05, 3.63) is 40.4 Å². The highest BCUT2D eigenvalue weighted by Crippen LogP contribution is 2.11. The predicted molar refractivity (Wildman–Crippen MR) is 86.1 cm³/mol. The summed E-state index contributed by atoms with van der Waals surface area (Å²) < 4.78 is 11.3. The second-order valence-electron chi connectivity index (χ2n) is 4.90. The van der Waals surface area contributed by atoms with Crippen LogP contribution >= 0.6 is 15.9 Å². The number of amides is 1. The molecule has 118 valence electrons. The fourth-order valence-corrected chi connectivity index (χ4v) is 2.31. The zero-order valence-corrected chi connectivity index (χ0v) is 13.9. The van der Waals surface area contributed by atoms with Crippen molar-refractivity contribution in [1.82, 2.24) is 4.90 Å². The summed E-state index contributed by atoms with van der Waals surface area (Å²) >= 11 is 3.35. The number of halogens is 1. The Hall–Kier alpha value is -1.66. The molecule has 0 bridgehead atoms. The van der Waals surface area contributed by atoms with E-state index in [0.717, 1.165) is 10.0 Å². The van der Waals surface area contributed by atoms with Gasteiger partial charge in [-0.2, -0.15) is 0 Å². The first-order valence-corrected chi connectivity index (χ1v) is 7.86. The number of hydrogen-bond acceptors (Lipinski definition) is 4. The van der Waals surface area contributed by atoms with Gasteiger partial charge in [-0.15, -0.1) is 0 Å². The van der Waals surface area contributed by atoms with E-state index >= 15 is 0 Å². The maximum absolute atomic E-state index is 12.1. The van der Waals surface area contributed by atoms with Gasteiger partial charge in [0.15, 0.2) is 6.10 Å². The number of rotatable bonds is 4. The molecule has 1 atom stereocenters. The molecule has 1 saturated heterocycles. The molecular formula is C16H18BrNO4. The molecule has 0 aliphatic carbocycles. The van der Waals surface area contributed by atoms with Crippen LogP contribution in [0.4, 0.5) is 0 Å². The number of nitrogens with zero attached hydrogens (tertiary/aromatic N) is 1. The van der Waals surface area contributed by atoms with E-state index < -0.39 is 12.1 Å². The lowest BCUT2D eigenvalue weighted by atomic mass is 10.2. The molecule has 0 saturated carbocycles. The van der Waals surface area contributed by atoms with Gasteiger partial charge >= 0.3 is 5.97 Å². The zero-order chi connectivity index (χ0) is 15.9. The van der Waals surface area contributed by atoms with E-state index in [1.807, 2.05) is 24.3 Å². The lowest BCUT2D eigenvalue weighted by Crippen LogP contribution is -2.45. The van der Waals surface area contributed by atoms with E-state index in [4.69, 9.17) is 9.47 Å². The van der Waals surface area contributed by atoms with Crippen LogP contribution in [0.25, 0.3) is 6.08 Å². The second kappa shape index (κ2) is 8.10. The van der Waals surface area contributed by atoms with E-state index in [-0.39, 0.29) is 5.91 Å². The summed E-state index contributed by atoms with van der Waals surface area (Å²) in [4.78, 5) is 25.5. The summed E-state index contributed by atoms with van der Waals surface area (Å²) in [6.07, 6.45) is 2.19. The third-order valence-corrected chi connectivity index (χ3v) is 3.77. The summed E-state index contributed by atoms with van der Waals surface area (Å²) in [6, 6.07) is 7.51. The highest BCUT2D eigenvalue weighted by Gasteiger charge is 2.24. The first-order chi connectivity index (χ1) is 10.6. The molecule has 5 nitrogen and oxygen atoms in total. The van der Waals surface area contributed by atoms with Gasteiger partial charge in [0, 0.05) is 23.6 Å². The van der Waals surface area contributed by atoms with Crippen molar-refractivity contribution >= 4 is 33.9 Å². The third kappa shape index (κ3) is 4.96. The van der Waals surface area contributed by atoms with Crippen molar-refractivity contribution in [2.24, 2.45) is 0 Å². The molecule has 1 fully saturated rings. The number of benzene rings is 1. The van der Waals surface area contributed by atoms with Gasteiger partial charge < -0.3 is 14.4 Å². The van der Waals surface area contributed by atoms with Crippen LogP contribution < -0.4 is 0 Å². The van der Waals surface area contributed by atoms with Crippen molar-refractivity contribution in [2.75, 3.05) is 26.3 Å². The SMILES string of the molecule is CC(OC(=O)C=Cc1ccc(Br)cc1)C(=O)N1CCOCC1. The number of hydrogen-bond donors (Lipinski definition) is 0. The summed E-state index contributed by atoms with van der Waals surface area (Å²) in [7, 11) is 0. The molecule has 1 heterocycles. The van der Waals surface area contributed by atoms with Gasteiger partial charge in [0.2, 0.25) is 0 Å². The molecule has 1 aliphatic heterocycles. The average molecular weight is 368 g/mol. The minimum atomic E-state index is -0.792. The molecule has 6 heteroatoms. The molecule has 2 rings (SSSR count). The van der Waals surface area contributed by atoms with Gasteiger partial charge in [0.1, 0.15) is 0 Å². The molecule has 1 amide bonds. The van der Waals surface area contributed by atoms with Gasteiger partial charge in [0.25, 0.3) is 5.91 Å². The van der Waals surface area contributed by atoms with E-state index in [1.54, 1.807) is 17.9 Å². The average Bonchev–Trinajstić information content (AvgIpc) is 2.54. The number of esters is 1. The minimum Gasteiger partial charge on any atom is -0.449 e. The van der Waals surface area contributed by atoms with Crippen LogP contribution in [-0.2, 0) is 19.1 Å². The molecule has 0 aromatic heterocycles. The lowest BCUT2D eigenvalue weighted by molar-refractivity contribution is -0.157. The fraction of sp³-hybridized carbons (Fsp3) is 0.375. The summed E-state index contributed by atoms with van der Waals surface area (Å²) in [6.45, 7) is 3.71. The Bertz CT molecular complexity index is 550. The van der Waals surface area contributed by atoms with Gasteiger partial charge in [0.05, 0.1) is 13.2 Å². The van der Waals surface area contributed by atoms with Crippen molar-refractivity contribution in [2.45, 2.75) is 13.0 Å². The highest BCUT2D eigenvalue weighted by molar-refractivity contribution is 9.10. The topological polar surface area (TPSA) is 55.8 Å². The Morgan fingerprint density at radius 1 is 1.27 bits per heavy atom. The van der Waals surface area contributed by atoms with E-state index in [1.165, 1.54) is 6.08 Å². The van der Waals surface area contributed by atoms with E-state index in [9.17, 15) is 9.59 Å². The standard InChI is InChI=1S/C16H18BrNO4/c1-12(16(20)18-8-10-21-11-9-18)22-15(19)7-4-13-2-5-14(17)6-3-13/h2-7,12H,8-11H2,1H3. The molecule has 1 aromatic carbocycles. The maximum Gasteiger partial charge on any atom is 0.331 e. The molecule has 1 aliphatic rings. The maximum atomic E-state index is 12.1. The molecule has 1 unspecified atom stereocenters. The van der Waals surface area contributed by atoms with Gasteiger partial charge in [-0.25, -0.2) is 4.79 Å². The van der Waals surface area contributed by atoms with Crippen molar-refractivity contribution in [3.63, 3.8) is 0 Å². The van der Waals surface area contributed by atoms with Crippen molar-refractivity contribution in [1.29, 1.82) is 0 Å².